The highest BCUT2D eigenvalue weighted by Gasteiger charge is 2.21. The Labute approximate surface area is 186 Å². The van der Waals surface area contributed by atoms with Crippen LogP contribution in [0.2, 0.25) is 0 Å². The van der Waals surface area contributed by atoms with E-state index in [9.17, 15) is 9.18 Å². The number of guanidine groups is 1. The first-order valence-corrected chi connectivity index (χ1v) is 9.92. The van der Waals surface area contributed by atoms with Gasteiger partial charge in [0.05, 0.1) is 12.6 Å². The Kier molecular flexibility index (Phi) is 8.23. The number of carbonyl (C=O) groups excluding carboxylic acids is 1. The summed E-state index contributed by atoms with van der Waals surface area (Å²) in [5.41, 5.74) is 2.69. The molecule has 2 N–H and O–H groups in total. The molecule has 0 radical (unpaired) electrons. The zero-order valence-corrected chi connectivity index (χ0v) is 19.4. The molecule has 2 heterocycles. The van der Waals surface area contributed by atoms with Crippen molar-refractivity contribution >= 4 is 47.2 Å². The summed E-state index contributed by atoms with van der Waals surface area (Å²) in [4.78, 5) is 19.9. The third-order valence-electron chi connectivity index (χ3n) is 4.84. The lowest BCUT2D eigenvalue weighted by atomic mass is 10.1. The van der Waals surface area contributed by atoms with Crippen molar-refractivity contribution in [1.82, 2.24) is 15.5 Å². The van der Waals surface area contributed by atoms with Crippen LogP contribution in [0.15, 0.2) is 34.6 Å². The normalized spacial score (nSPS) is 14.7. The number of halogens is 2. The first-order valence-electron chi connectivity index (χ1n) is 9.04. The Morgan fingerprint density at radius 3 is 2.89 bits per heavy atom. The van der Waals surface area contributed by atoms with Gasteiger partial charge < -0.3 is 15.5 Å². The fraction of sp³-hybridized carbons (Fsp3) is 0.400. The molecule has 3 rings (SSSR count). The monoisotopic (exact) mass is 516 g/mol. The van der Waals surface area contributed by atoms with Gasteiger partial charge in [-0.25, -0.2) is 4.39 Å². The Hall–Kier alpha value is -1.68. The lowest BCUT2D eigenvalue weighted by molar-refractivity contribution is -0.130. The number of benzene rings is 1. The zero-order valence-electron chi connectivity index (χ0n) is 16.3. The van der Waals surface area contributed by atoms with E-state index in [-0.39, 0.29) is 48.3 Å². The largest absolute Gasteiger partial charge is 0.350 e. The molecule has 0 saturated heterocycles. The summed E-state index contributed by atoms with van der Waals surface area (Å²) in [6, 6.07) is 7.13. The molecule has 1 aromatic carbocycles. The van der Waals surface area contributed by atoms with Gasteiger partial charge in [-0.15, -0.1) is 35.3 Å². The van der Waals surface area contributed by atoms with Crippen molar-refractivity contribution in [3.8, 4) is 0 Å². The van der Waals surface area contributed by atoms with Gasteiger partial charge in [-0.05, 0) is 54.5 Å². The molecule has 1 unspecified atom stereocenters. The molecule has 1 amide bonds. The molecular formula is C20H26FIN4OS. The average Bonchev–Trinajstić information content (AvgIpc) is 3.14. The van der Waals surface area contributed by atoms with E-state index in [0.29, 0.717) is 18.1 Å². The first kappa shape index (κ1) is 22.6. The lowest BCUT2D eigenvalue weighted by Crippen LogP contribution is -2.46. The van der Waals surface area contributed by atoms with Crippen LogP contribution in [0.4, 0.5) is 4.39 Å². The minimum absolute atomic E-state index is 0. The van der Waals surface area contributed by atoms with Crippen molar-refractivity contribution in [3.63, 3.8) is 0 Å². The minimum Gasteiger partial charge on any atom is -0.350 e. The van der Waals surface area contributed by atoms with E-state index in [0.717, 1.165) is 18.5 Å². The second kappa shape index (κ2) is 10.2. The smallest absolute Gasteiger partial charge is 0.242 e. The highest BCUT2D eigenvalue weighted by atomic mass is 127. The summed E-state index contributed by atoms with van der Waals surface area (Å²) in [6.07, 6.45) is 0.918. The van der Waals surface area contributed by atoms with Crippen molar-refractivity contribution in [3.05, 3.63) is 57.0 Å². The quantitative estimate of drug-likeness (QED) is 0.371. The molecule has 1 aliphatic heterocycles. The van der Waals surface area contributed by atoms with E-state index >= 15 is 0 Å². The molecule has 1 aromatic heterocycles. The lowest BCUT2D eigenvalue weighted by Gasteiger charge is -2.27. The number of amides is 1. The predicted molar refractivity (Wildman–Crippen MR) is 123 cm³/mol. The molecule has 1 aliphatic rings. The maximum Gasteiger partial charge on any atom is 0.242 e. The average molecular weight is 516 g/mol. The number of carbonyl (C=O) groups is 1. The molecule has 8 heteroatoms. The number of nitrogens with zero attached hydrogens (tertiary/aromatic N) is 2. The third kappa shape index (κ3) is 5.44. The van der Waals surface area contributed by atoms with Crippen LogP contribution in [0.3, 0.4) is 0 Å². The second-order valence-corrected chi connectivity index (χ2v) is 7.74. The molecule has 0 aliphatic carbocycles. The molecule has 2 aromatic rings. The number of hydrogen-bond acceptors (Lipinski definition) is 3. The van der Waals surface area contributed by atoms with Crippen molar-refractivity contribution in [1.29, 1.82) is 0 Å². The molecule has 0 saturated carbocycles. The predicted octanol–water partition coefficient (Wildman–Crippen LogP) is 3.62. The van der Waals surface area contributed by atoms with E-state index in [4.69, 9.17) is 0 Å². The first-order chi connectivity index (χ1) is 13.0. The summed E-state index contributed by atoms with van der Waals surface area (Å²) in [5, 5.41) is 8.35. The molecule has 152 valence electrons. The Balaban J connectivity index is 0.00000280. The number of fused-ring (bicyclic) bond motifs is 1. The second-order valence-electron chi connectivity index (χ2n) is 6.73. The number of hydrogen-bond donors (Lipinski definition) is 2. The molecular weight excluding hydrogens is 490 g/mol. The topological polar surface area (TPSA) is 56.7 Å². The zero-order chi connectivity index (χ0) is 19.4. The number of nitrogens with one attached hydrogen (secondary N) is 2. The molecule has 0 fully saturated rings. The number of thiophene rings is 1. The van der Waals surface area contributed by atoms with Crippen molar-refractivity contribution < 1.29 is 9.18 Å². The fourth-order valence-corrected chi connectivity index (χ4v) is 3.98. The molecule has 0 bridgehead atoms. The van der Waals surface area contributed by atoms with Gasteiger partial charge in [0.2, 0.25) is 5.91 Å². The Bertz CT molecular complexity index is 854. The Morgan fingerprint density at radius 2 is 2.18 bits per heavy atom. The van der Waals surface area contributed by atoms with Crippen LogP contribution in [-0.4, -0.2) is 36.9 Å². The SMILES string of the molecule is CN=C(NCC(=O)N1CCc2sccc2C1)NC(C)c1ccc(C)c(F)c1.I. The van der Waals surface area contributed by atoms with E-state index < -0.39 is 0 Å². The van der Waals surface area contributed by atoms with Crippen LogP contribution in [0.25, 0.3) is 0 Å². The number of rotatable bonds is 4. The minimum atomic E-state index is -0.225. The van der Waals surface area contributed by atoms with Gasteiger partial charge in [0.1, 0.15) is 5.82 Å². The van der Waals surface area contributed by atoms with Crippen LogP contribution < -0.4 is 10.6 Å². The summed E-state index contributed by atoms with van der Waals surface area (Å²) in [7, 11) is 1.65. The standard InChI is InChI=1S/C20H25FN4OS.HI/c1-13-4-5-15(10-17(13)21)14(2)24-20(22-3)23-11-19(26)25-8-6-18-16(12-25)7-9-27-18;/h4-5,7,9-10,14H,6,8,11-12H2,1-3H3,(H2,22,23,24);1H. The van der Waals surface area contributed by atoms with Gasteiger partial charge in [0.25, 0.3) is 0 Å². The summed E-state index contributed by atoms with van der Waals surface area (Å²) in [6.45, 7) is 5.27. The van der Waals surface area contributed by atoms with Gasteiger partial charge in [-0.1, -0.05) is 12.1 Å². The third-order valence-corrected chi connectivity index (χ3v) is 5.86. The molecule has 28 heavy (non-hydrogen) atoms. The van der Waals surface area contributed by atoms with Crippen LogP contribution in [-0.2, 0) is 17.8 Å². The molecule has 0 spiro atoms. The summed E-state index contributed by atoms with van der Waals surface area (Å²) in [5.74, 6) is 0.339. The summed E-state index contributed by atoms with van der Waals surface area (Å²) >= 11 is 1.76. The molecule has 1 atom stereocenters. The van der Waals surface area contributed by atoms with Gasteiger partial charge in [0, 0.05) is 25.0 Å². The van der Waals surface area contributed by atoms with E-state index in [1.165, 1.54) is 16.5 Å². The summed E-state index contributed by atoms with van der Waals surface area (Å²) < 4.78 is 13.8. The van der Waals surface area contributed by atoms with Gasteiger partial charge in [-0.2, -0.15) is 0 Å². The van der Waals surface area contributed by atoms with Crippen LogP contribution in [0, 0.1) is 12.7 Å². The highest BCUT2D eigenvalue weighted by molar-refractivity contribution is 14.0. The van der Waals surface area contributed by atoms with Crippen molar-refractivity contribution in [2.75, 3.05) is 20.1 Å². The van der Waals surface area contributed by atoms with Crippen LogP contribution in [0.1, 0.15) is 34.5 Å². The molecule has 5 nitrogen and oxygen atoms in total. The van der Waals surface area contributed by atoms with Gasteiger partial charge in [0.15, 0.2) is 5.96 Å². The number of aliphatic imine (C=N–C) groups is 1. The fourth-order valence-electron chi connectivity index (χ4n) is 3.09. The maximum atomic E-state index is 13.8. The van der Waals surface area contributed by atoms with E-state index in [1.54, 1.807) is 31.4 Å². The van der Waals surface area contributed by atoms with Gasteiger partial charge >= 0.3 is 0 Å². The Morgan fingerprint density at radius 1 is 1.39 bits per heavy atom. The van der Waals surface area contributed by atoms with E-state index in [2.05, 4.69) is 27.1 Å². The maximum absolute atomic E-state index is 13.8. The number of aryl methyl sites for hydroxylation is 1. The van der Waals surface area contributed by atoms with Crippen LogP contribution >= 0.6 is 35.3 Å². The highest BCUT2D eigenvalue weighted by Crippen LogP contribution is 2.23. The van der Waals surface area contributed by atoms with E-state index in [1.807, 2.05) is 17.9 Å². The van der Waals surface area contributed by atoms with Crippen molar-refractivity contribution in [2.24, 2.45) is 4.99 Å². The van der Waals surface area contributed by atoms with Crippen LogP contribution in [0.5, 0.6) is 0 Å². The van der Waals surface area contributed by atoms with Gasteiger partial charge in [-0.3, -0.25) is 9.79 Å². The van der Waals surface area contributed by atoms with Crippen molar-refractivity contribution in [2.45, 2.75) is 32.9 Å².